The molecule has 242 valence electrons. The van der Waals surface area contributed by atoms with Crippen molar-refractivity contribution in [3.8, 4) is 11.3 Å². The number of hydrogen-bond acceptors (Lipinski definition) is 9. The van der Waals surface area contributed by atoms with E-state index in [1.165, 1.54) is 35.5 Å². The second kappa shape index (κ2) is 13.8. The molecule has 4 aromatic rings. The van der Waals surface area contributed by atoms with E-state index in [4.69, 9.17) is 19.6 Å². The van der Waals surface area contributed by atoms with Gasteiger partial charge < -0.3 is 24.4 Å². The minimum atomic E-state index is -3.79. The molecule has 1 aliphatic carbocycles. The summed E-state index contributed by atoms with van der Waals surface area (Å²) in [7, 11) is -3.79. The molecule has 1 aromatic heterocycles. The van der Waals surface area contributed by atoms with Gasteiger partial charge in [0, 0.05) is 22.6 Å². The number of anilines is 1. The van der Waals surface area contributed by atoms with Crippen molar-refractivity contribution in [2.45, 2.75) is 32.3 Å². The number of ketones is 1. The lowest BCUT2D eigenvalue weighted by Crippen LogP contribution is -2.34. The molecule has 0 spiro atoms. The predicted octanol–water partition coefficient (Wildman–Crippen LogP) is 5.55. The van der Waals surface area contributed by atoms with Gasteiger partial charge >= 0.3 is 12.1 Å². The highest BCUT2D eigenvalue weighted by atomic mass is 32.2. The average molecular weight is 653 g/mol. The molecule has 1 fully saturated rings. The first-order chi connectivity index (χ1) is 21.9. The van der Waals surface area contributed by atoms with E-state index in [-0.39, 0.29) is 55.0 Å². The lowest BCUT2D eigenvalue weighted by Gasteiger charge is -2.25. The number of halogens is 1. The van der Waals surface area contributed by atoms with Crippen molar-refractivity contribution in [2.24, 2.45) is 5.73 Å². The normalized spacial score (nSPS) is 13.1. The van der Waals surface area contributed by atoms with Gasteiger partial charge in [-0.2, -0.15) is 0 Å². The van der Waals surface area contributed by atoms with E-state index >= 15 is 0 Å². The van der Waals surface area contributed by atoms with Crippen molar-refractivity contribution >= 4 is 44.5 Å². The number of nitrogens with two attached hydrogens (primary N) is 1. The Hall–Kier alpha value is -4.59. The van der Waals surface area contributed by atoms with Crippen LogP contribution >= 0.6 is 0 Å². The van der Waals surface area contributed by atoms with E-state index < -0.39 is 27.9 Å². The summed E-state index contributed by atoms with van der Waals surface area (Å²) in [5, 5.41) is 0.300. The number of carbonyl (C=O) groups is 3. The smallest absolute Gasteiger partial charge is 0.412 e. The van der Waals surface area contributed by atoms with Crippen molar-refractivity contribution in [3.05, 3.63) is 88.7 Å². The Bertz CT molecular complexity index is 1870. The quantitative estimate of drug-likeness (QED) is 0.0798. The van der Waals surface area contributed by atoms with E-state index in [1.54, 1.807) is 24.3 Å². The Labute approximate surface area is 265 Å². The number of fused-ring (bicyclic) bond motifs is 1. The second-order valence-electron chi connectivity index (χ2n) is 11.0. The van der Waals surface area contributed by atoms with Gasteiger partial charge in [-0.1, -0.05) is 24.3 Å². The Kier molecular flexibility index (Phi) is 9.85. The van der Waals surface area contributed by atoms with Gasteiger partial charge in [-0.3, -0.25) is 9.10 Å². The molecule has 13 heteroatoms. The molecule has 1 amide bonds. The highest BCUT2D eigenvalue weighted by molar-refractivity contribution is 7.92. The van der Waals surface area contributed by atoms with Crippen LogP contribution in [0.15, 0.2) is 65.1 Å². The van der Waals surface area contributed by atoms with Gasteiger partial charge in [-0.25, -0.2) is 22.4 Å². The van der Waals surface area contributed by atoms with Gasteiger partial charge in [0.1, 0.15) is 22.7 Å². The maximum absolute atomic E-state index is 13.7. The van der Waals surface area contributed by atoms with Crippen molar-refractivity contribution in [2.75, 3.05) is 36.9 Å². The molecule has 0 radical (unpaired) electrons. The third-order valence-electron chi connectivity index (χ3n) is 7.47. The molecule has 1 aliphatic rings. The third-order valence-corrected chi connectivity index (χ3v) is 8.65. The lowest BCUT2D eigenvalue weighted by atomic mass is 10.0. The van der Waals surface area contributed by atoms with Crippen LogP contribution in [-0.2, 0) is 30.8 Å². The fourth-order valence-electron chi connectivity index (χ4n) is 5.09. The van der Waals surface area contributed by atoms with Crippen LogP contribution in [-0.4, -0.2) is 58.9 Å². The number of benzene rings is 3. The fourth-order valence-corrected chi connectivity index (χ4v) is 6.02. The third kappa shape index (κ3) is 7.79. The van der Waals surface area contributed by atoms with E-state index in [0.29, 0.717) is 34.4 Å². The summed E-state index contributed by atoms with van der Waals surface area (Å²) in [5.74, 6) is -1.52. The van der Waals surface area contributed by atoms with Crippen LogP contribution in [0.3, 0.4) is 0 Å². The van der Waals surface area contributed by atoms with Crippen molar-refractivity contribution in [3.63, 3.8) is 0 Å². The Balaban J connectivity index is 1.35. The molecule has 46 heavy (non-hydrogen) atoms. The zero-order valence-electron chi connectivity index (χ0n) is 25.3. The maximum Gasteiger partial charge on any atom is 0.412 e. The zero-order chi connectivity index (χ0) is 33.0. The molecule has 0 atom stereocenters. The van der Waals surface area contributed by atoms with Crippen LogP contribution in [0, 0.1) is 5.82 Å². The number of sulfonamides is 1. The van der Waals surface area contributed by atoms with Crippen LogP contribution < -0.4 is 10.0 Å². The molecule has 11 nitrogen and oxygen atoms in total. The standard InChI is InChI=1S/C33H33FN2O9S/c1-20(37)22-5-3-21(4-6-22)19-43-16-15-42-14-13-36(46(2,40)41)28-18-29-27(17-26(28)23-7-8-23)30(32(38)45-33(35)39)31(44-29)24-9-11-25(34)12-10-24/h3-6,9-12,17-18,23H,7-8,13-16,19H2,1-2H3,(H2,35,39). The molecule has 1 heterocycles. The largest absolute Gasteiger partial charge is 0.455 e. The Morgan fingerprint density at radius 3 is 2.26 bits per heavy atom. The van der Waals surface area contributed by atoms with Gasteiger partial charge in [0.05, 0.1) is 44.9 Å². The topological polar surface area (TPSA) is 155 Å². The van der Waals surface area contributed by atoms with E-state index in [9.17, 15) is 27.2 Å². The lowest BCUT2D eigenvalue weighted by molar-refractivity contribution is 0.0435. The van der Waals surface area contributed by atoms with Crippen LogP contribution in [0.2, 0.25) is 0 Å². The van der Waals surface area contributed by atoms with Crippen molar-refractivity contribution in [1.82, 2.24) is 0 Å². The summed E-state index contributed by atoms with van der Waals surface area (Å²) < 4.78 is 63.1. The number of amides is 1. The van der Waals surface area contributed by atoms with Crippen molar-refractivity contribution in [1.29, 1.82) is 0 Å². The van der Waals surface area contributed by atoms with Crippen LogP contribution in [0.4, 0.5) is 14.9 Å². The van der Waals surface area contributed by atoms with E-state index in [1.807, 2.05) is 12.1 Å². The maximum atomic E-state index is 13.7. The molecule has 0 aliphatic heterocycles. The number of Topliss-reactive ketones (excluding diaryl/α,β-unsaturated/α-hetero) is 1. The SMILES string of the molecule is CC(=O)c1ccc(COCCOCCN(c2cc3oc(-c4ccc(F)cc4)c(C(=O)OC(N)=O)c3cc2C2CC2)S(C)(=O)=O)cc1. The minimum absolute atomic E-state index is 0.00132. The average Bonchev–Trinajstić information content (AvgIpc) is 3.77. The molecule has 2 N–H and O–H groups in total. The molecule has 5 rings (SSSR count). The summed E-state index contributed by atoms with van der Waals surface area (Å²) in [6.45, 7) is 2.40. The predicted molar refractivity (Wildman–Crippen MR) is 168 cm³/mol. The van der Waals surface area contributed by atoms with Gasteiger partial charge in [0.2, 0.25) is 10.0 Å². The summed E-state index contributed by atoms with van der Waals surface area (Å²) in [6.07, 6.45) is 1.41. The molecule has 3 aromatic carbocycles. The van der Waals surface area contributed by atoms with Crippen molar-refractivity contribution < 1.29 is 45.8 Å². The van der Waals surface area contributed by atoms with Crippen LogP contribution in [0.5, 0.6) is 0 Å². The monoisotopic (exact) mass is 652 g/mol. The van der Waals surface area contributed by atoms with E-state index in [2.05, 4.69) is 4.74 Å². The first kappa shape index (κ1) is 32.8. The first-order valence-electron chi connectivity index (χ1n) is 14.5. The fraction of sp³-hybridized carbons (Fsp3) is 0.303. The van der Waals surface area contributed by atoms with Gasteiger partial charge in [0.15, 0.2) is 5.78 Å². The highest BCUT2D eigenvalue weighted by Crippen LogP contribution is 2.48. The number of esters is 1. The molecular weight excluding hydrogens is 619 g/mol. The van der Waals surface area contributed by atoms with Gasteiger partial charge in [-0.05, 0) is 67.1 Å². The summed E-state index contributed by atoms with van der Waals surface area (Å²) in [6, 6.07) is 15.5. The summed E-state index contributed by atoms with van der Waals surface area (Å²) in [4.78, 5) is 35.9. The first-order valence-corrected chi connectivity index (χ1v) is 16.4. The number of primary amides is 1. The Morgan fingerprint density at radius 1 is 0.978 bits per heavy atom. The molecule has 0 unspecified atom stereocenters. The summed E-state index contributed by atoms with van der Waals surface area (Å²) in [5.41, 5.74) is 8.11. The van der Waals surface area contributed by atoms with E-state index in [0.717, 1.165) is 24.7 Å². The highest BCUT2D eigenvalue weighted by Gasteiger charge is 2.33. The van der Waals surface area contributed by atoms with Gasteiger partial charge in [0.25, 0.3) is 0 Å². The number of rotatable bonds is 14. The Morgan fingerprint density at radius 2 is 1.65 bits per heavy atom. The van der Waals surface area contributed by atoms with Crippen LogP contribution in [0.1, 0.15) is 57.5 Å². The van der Waals surface area contributed by atoms with Crippen LogP contribution in [0.25, 0.3) is 22.3 Å². The molecule has 0 bridgehead atoms. The number of hydrogen-bond donors (Lipinski definition) is 1. The number of furan rings is 1. The zero-order valence-corrected chi connectivity index (χ0v) is 26.1. The molecule has 0 saturated heterocycles. The molecule has 1 saturated carbocycles. The second-order valence-corrected chi connectivity index (χ2v) is 12.9. The number of carbonyl (C=O) groups excluding carboxylic acids is 3. The number of nitrogens with zero attached hydrogens (tertiary/aromatic N) is 1. The molecular formula is C33H33FN2O9S. The summed E-state index contributed by atoms with van der Waals surface area (Å²) >= 11 is 0. The number of ether oxygens (including phenoxy) is 3. The van der Waals surface area contributed by atoms with Gasteiger partial charge in [-0.15, -0.1) is 0 Å². The minimum Gasteiger partial charge on any atom is -0.455 e.